The summed E-state index contributed by atoms with van der Waals surface area (Å²) in [6.45, 7) is 4.57. The first-order valence-corrected chi connectivity index (χ1v) is 10.7. The van der Waals surface area contributed by atoms with Crippen molar-refractivity contribution >= 4 is 15.9 Å². The van der Waals surface area contributed by atoms with Crippen molar-refractivity contribution in [3.63, 3.8) is 0 Å². The van der Waals surface area contributed by atoms with Crippen LogP contribution in [-0.4, -0.2) is 40.8 Å². The lowest BCUT2D eigenvalue weighted by Crippen LogP contribution is -2.32. The van der Waals surface area contributed by atoms with Gasteiger partial charge in [-0.15, -0.1) is 0 Å². The Hall–Kier alpha value is -2.78. The van der Waals surface area contributed by atoms with Crippen molar-refractivity contribution < 1.29 is 27.4 Å². The molecular weight excluding hydrogens is 396 g/mol. The minimum atomic E-state index is -3.64. The van der Waals surface area contributed by atoms with Crippen LogP contribution in [0.3, 0.4) is 0 Å². The van der Waals surface area contributed by atoms with E-state index < -0.39 is 10.0 Å². The first-order valence-electron chi connectivity index (χ1n) is 9.21. The van der Waals surface area contributed by atoms with Crippen LogP contribution < -0.4 is 24.2 Å². The van der Waals surface area contributed by atoms with Crippen LogP contribution in [0.1, 0.15) is 17.5 Å². The number of benzene rings is 2. The maximum absolute atomic E-state index is 12.3. The van der Waals surface area contributed by atoms with Crippen molar-refractivity contribution in [1.82, 2.24) is 10.0 Å². The average molecular weight is 420 g/mol. The molecular formula is C20H24N2O6S. The normalized spacial score (nSPS) is 12.6. The molecule has 0 fully saturated rings. The molecule has 8 nitrogen and oxygen atoms in total. The molecule has 0 bridgehead atoms. The molecule has 2 aromatic rings. The zero-order valence-corrected chi connectivity index (χ0v) is 17.2. The van der Waals surface area contributed by atoms with Gasteiger partial charge in [-0.2, -0.15) is 0 Å². The number of amides is 1. The van der Waals surface area contributed by atoms with Gasteiger partial charge in [0.2, 0.25) is 22.7 Å². The van der Waals surface area contributed by atoms with Crippen molar-refractivity contribution in [3.8, 4) is 17.2 Å². The number of rotatable bonds is 9. The van der Waals surface area contributed by atoms with Gasteiger partial charge in [0.15, 0.2) is 11.5 Å². The predicted molar refractivity (Wildman–Crippen MR) is 107 cm³/mol. The van der Waals surface area contributed by atoms with E-state index in [0.717, 1.165) is 11.1 Å². The summed E-state index contributed by atoms with van der Waals surface area (Å²) in [5, 5.41) is 2.69. The Bertz CT molecular complexity index is 990. The largest absolute Gasteiger partial charge is 0.492 e. The van der Waals surface area contributed by atoms with Crippen molar-refractivity contribution in [2.24, 2.45) is 0 Å². The van der Waals surface area contributed by atoms with Crippen LogP contribution >= 0.6 is 0 Å². The lowest BCUT2D eigenvalue weighted by Gasteiger charge is -2.10. The number of carbonyl (C=O) groups is 1. The second-order valence-corrected chi connectivity index (χ2v) is 8.37. The molecule has 0 unspecified atom stereocenters. The maximum Gasteiger partial charge on any atom is 0.240 e. The molecule has 0 radical (unpaired) electrons. The predicted octanol–water partition coefficient (Wildman–Crippen LogP) is 1.90. The summed E-state index contributed by atoms with van der Waals surface area (Å²) < 4.78 is 43.1. The van der Waals surface area contributed by atoms with Crippen LogP contribution in [0.15, 0.2) is 41.3 Å². The molecule has 2 aromatic carbocycles. The van der Waals surface area contributed by atoms with E-state index >= 15 is 0 Å². The summed E-state index contributed by atoms with van der Waals surface area (Å²) in [7, 11) is -3.64. The highest BCUT2D eigenvalue weighted by molar-refractivity contribution is 7.89. The van der Waals surface area contributed by atoms with Crippen LogP contribution in [-0.2, 0) is 14.8 Å². The van der Waals surface area contributed by atoms with Crippen LogP contribution in [0.4, 0.5) is 0 Å². The third-order valence-electron chi connectivity index (χ3n) is 4.47. The van der Waals surface area contributed by atoms with Crippen molar-refractivity contribution in [3.05, 3.63) is 47.5 Å². The monoisotopic (exact) mass is 420 g/mol. The Kier molecular flexibility index (Phi) is 6.60. The second-order valence-electron chi connectivity index (χ2n) is 6.61. The van der Waals surface area contributed by atoms with E-state index in [0.29, 0.717) is 23.8 Å². The minimum Gasteiger partial charge on any atom is -0.492 e. The van der Waals surface area contributed by atoms with E-state index in [2.05, 4.69) is 10.0 Å². The van der Waals surface area contributed by atoms with Gasteiger partial charge in [0.25, 0.3) is 0 Å². The van der Waals surface area contributed by atoms with Gasteiger partial charge in [-0.1, -0.05) is 6.07 Å². The number of hydrogen-bond acceptors (Lipinski definition) is 6. The highest BCUT2D eigenvalue weighted by atomic mass is 32.2. The second kappa shape index (κ2) is 9.15. The minimum absolute atomic E-state index is 0.0180. The average Bonchev–Trinajstić information content (AvgIpc) is 3.15. The first-order chi connectivity index (χ1) is 13.8. The number of fused-ring (bicyclic) bond motifs is 1. The molecule has 0 atom stereocenters. The summed E-state index contributed by atoms with van der Waals surface area (Å²) >= 11 is 0. The summed E-state index contributed by atoms with van der Waals surface area (Å²) in [6.07, 6.45) is 0.0358. The van der Waals surface area contributed by atoms with Gasteiger partial charge in [0.1, 0.15) is 12.4 Å². The Morgan fingerprint density at radius 3 is 2.62 bits per heavy atom. The van der Waals surface area contributed by atoms with Gasteiger partial charge >= 0.3 is 0 Å². The van der Waals surface area contributed by atoms with E-state index in [1.54, 1.807) is 36.4 Å². The molecule has 0 aromatic heterocycles. The molecule has 0 spiro atoms. The van der Waals surface area contributed by atoms with Gasteiger partial charge in [-0.3, -0.25) is 4.79 Å². The van der Waals surface area contributed by atoms with Gasteiger partial charge < -0.3 is 19.5 Å². The highest BCUT2D eigenvalue weighted by Crippen LogP contribution is 2.34. The molecule has 0 saturated heterocycles. The smallest absolute Gasteiger partial charge is 0.240 e. The molecule has 3 rings (SSSR count). The molecule has 1 heterocycles. The molecule has 9 heteroatoms. The Balaban J connectivity index is 1.36. The van der Waals surface area contributed by atoms with Gasteiger partial charge in [-0.05, 0) is 49.2 Å². The summed E-state index contributed by atoms with van der Waals surface area (Å²) in [5.74, 6) is 1.66. The van der Waals surface area contributed by atoms with Crippen molar-refractivity contribution in [2.75, 3.05) is 26.5 Å². The number of aryl methyl sites for hydroxylation is 2. The van der Waals surface area contributed by atoms with Gasteiger partial charge in [-0.25, -0.2) is 13.1 Å². The molecule has 29 heavy (non-hydrogen) atoms. The Morgan fingerprint density at radius 2 is 1.83 bits per heavy atom. The highest BCUT2D eigenvalue weighted by Gasteiger charge is 2.15. The van der Waals surface area contributed by atoms with Crippen LogP contribution in [0, 0.1) is 13.8 Å². The van der Waals surface area contributed by atoms with Gasteiger partial charge in [0.05, 0.1) is 11.4 Å². The fourth-order valence-corrected chi connectivity index (χ4v) is 3.79. The zero-order chi connectivity index (χ0) is 20.9. The zero-order valence-electron chi connectivity index (χ0n) is 16.4. The molecule has 0 aliphatic carbocycles. The first kappa shape index (κ1) is 20.9. The third kappa shape index (κ3) is 5.61. The number of hydrogen-bond donors (Lipinski definition) is 2. The maximum atomic E-state index is 12.3. The topological polar surface area (TPSA) is 103 Å². The third-order valence-corrected chi connectivity index (χ3v) is 5.93. The molecule has 1 amide bonds. The Morgan fingerprint density at radius 1 is 1.03 bits per heavy atom. The van der Waals surface area contributed by atoms with Gasteiger partial charge in [0, 0.05) is 19.0 Å². The number of nitrogens with one attached hydrogen (secondary N) is 2. The molecule has 1 aliphatic heterocycles. The fraction of sp³-hybridized carbons (Fsp3) is 0.350. The van der Waals surface area contributed by atoms with E-state index in [9.17, 15) is 13.2 Å². The quantitative estimate of drug-likeness (QED) is 0.601. The molecule has 2 N–H and O–H groups in total. The summed E-state index contributed by atoms with van der Waals surface area (Å²) in [4.78, 5) is 12.1. The van der Waals surface area contributed by atoms with E-state index in [-0.39, 0.29) is 37.2 Å². The lowest BCUT2D eigenvalue weighted by atomic mass is 10.1. The number of sulfonamides is 1. The lowest BCUT2D eigenvalue weighted by molar-refractivity contribution is -0.121. The summed E-state index contributed by atoms with van der Waals surface area (Å²) in [5.41, 5.74) is 1.92. The van der Waals surface area contributed by atoms with Crippen molar-refractivity contribution in [2.45, 2.75) is 25.2 Å². The van der Waals surface area contributed by atoms with E-state index in [1.165, 1.54) is 0 Å². The van der Waals surface area contributed by atoms with Crippen LogP contribution in [0.25, 0.3) is 0 Å². The van der Waals surface area contributed by atoms with Crippen LogP contribution in [0.2, 0.25) is 0 Å². The molecule has 156 valence electrons. The number of carbonyl (C=O) groups excluding carboxylic acids is 1. The number of ether oxygens (including phenoxy) is 3. The molecule has 0 saturated carbocycles. The van der Waals surface area contributed by atoms with Crippen LogP contribution in [0.5, 0.6) is 17.2 Å². The Labute approximate surface area is 170 Å². The fourth-order valence-electron chi connectivity index (χ4n) is 2.68. The van der Waals surface area contributed by atoms with E-state index in [1.807, 2.05) is 13.8 Å². The standard InChI is InChI=1S/C20H24N2O6S/c1-14-3-5-17(11-15(14)2)29(24,25)22-8-7-20(23)21-9-10-26-16-4-6-18-19(12-16)28-13-27-18/h3-6,11-12,22H,7-10,13H2,1-2H3,(H,21,23). The SMILES string of the molecule is Cc1ccc(S(=O)(=O)NCCC(=O)NCCOc2ccc3c(c2)OCO3)cc1C. The van der Waals surface area contributed by atoms with E-state index in [4.69, 9.17) is 14.2 Å². The van der Waals surface area contributed by atoms with Crippen molar-refractivity contribution in [1.29, 1.82) is 0 Å². The summed E-state index contributed by atoms with van der Waals surface area (Å²) in [6, 6.07) is 10.2. The molecule has 1 aliphatic rings.